The SMILES string of the molecule is CC(=O)C1=C(O)[C@H](N)[C@@H]2Cc3c(c(O)c4c(O)c(C)ccc4c3C)C(=O)[C@]2(O)C1=O.CN(C)[C@@H]1C(O)=C(C(N)=O)C(=O)[C@@]2(O)C(O)=C3C(=O)c4c(O)cccc4[C@@](C)(O)[C@H]3C[C@@H]12. The van der Waals surface area contributed by atoms with Crippen molar-refractivity contribution < 1.29 is 74.7 Å². The maximum Gasteiger partial charge on any atom is 0.255 e. The van der Waals surface area contributed by atoms with Crippen molar-refractivity contribution in [1.29, 1.82) is 0 Å². The molecule has 18 nitrogen and oxygen atoms in total. The Kier molecular flexibility index (Phi) is 9.89. The van der Waals surface area contributed by atoms with E-state index < -0.39 is 127 Å². The Labute approximate surface area is 352 Å². The Morgan fingerprint density at radius 1 is 0.790 bits per heavy atom. The van der Waals surface area contributed by atoms with Gasteiger partial charge in [0.05, 0.1) is 34.2 Å². The van der Waals surface area contributed by atoms with Gasteiger partial charge in [0.25, 0.3) is 5.91 Å². The lowest BCUT2D eigenvalue weighted by Gasteiger charge is -2.52. The Balaban J connectivity index is 0.000000187. The number of aliphatic hydroxyl groups excluding tert-OH is 3. The molecule has 18 heteroatoms. The second kappa shape index (κ2) is 14.0. The van der Waals surface area contributed by atoms with Gasteiger partial charge >= 0.3 is 0 Å². The number of carbonyl (C=O) groups excluding carboxylic acids is 6. The van der Waals surface area contributed by atoms with Crippen molar-refractivity contribution in [2.75, 3.05) is 14.1 Å². The van der Waals surface area contributed by atoms with Crippen LogP contribution in [0.15, 0.2) is 64.3 Å². The fraction of sp³-hybridized carbons (Fsp3) is 0.364. The number of nitrogens with two attached hydrogens (primary N) is 2. The standard InChI is InChI=1S/C22H24N2O8.C22H21NO7/c1-21(31)8-5-4-6-11(25)12(8)16(26)13-9(21)7-10-15(24(2)3)17(27)14(20(23)30)19(29)22(10,32)18(13)28;1-7-4-5-10-8(2)11-6-12-16(23)19(27)13(9(3)24)20(28)22(12,30)21(29)15(11)18(26)14(10)17(7)25/h4-6,9-10,15,25,27-28,31-32H,7H2,1-3H3,(H2,23,30);4-5,12,16,25-27,30H,6,23H2,1-3H3/t9-,10-,15-,21+,22-;12-,16+,22+/m00/s1. The molecule has 0 radical (unpaired) electrons. The summed E-state index contributed by atoms with van der Waals surface area (Å²) in [6.07, 6.45) is -0.294. The van der Waals surface area contributed by atoms with Gasteiger partial charge in [-0.1, -0.05) is 24.3 Å². The monoisotopic (exact) mass is 855 g/mol. The normalized spacial score (nSPS) is 30.3. The summed E-state index contributed by atoms with van der Waals surface area (Å²) in [4.78, 5) is 78.2. The minimum absolute atomic E-state index is 0.0411. The lowest BCUT2D eigenvalue weighted by Crippen LogP contribution is -2.65. The van der Waals surface area contributed by atoms with Gasteiger partial charge in [0.2, 0.25) is 17.3 Å². The summed E-state index contributed by atoms with van der Waals surface area (Å²) in [7, 11) is 3.06. The molecule has 0 bridgehead atoms. The number of aromatic hydroxyl groups is 3. The van der Waals surface area contributed by atoms with Crippen LogP contribution >= 0.6 is 0 Å². The van der Waals surface area contributed by atoms with Crippen molar-refractivity contribution in [3.05, 3.63) is 97.7 Å². The summed E-state index contributed by atoms with van der Waals surface area (Å²) in [6, 6.07) is 5.09. The van der Waals surface area contributed by atoms with E-state index in [1.165, 1.54) is 44.1 Å². The smallest absolute Gasteiger partial charge is 0.255 e. The van der Waals surface area contributed by atoms with Gasteiger partial charge < -0.3 is 57.4 Å². The van der Waals surface area contributed by atoms with E-state index in [2.05, 4.69) is 0 Å². The van der Waals surface area contributed by atoms with Crippen LogP contribution in [-0.4, -0.2) is 123 Å². The first-order chi connectivity index (χ1) is 28.7. The number of hydrogen-bond acceptors (Lipinski definition) is 17. The summed E-state index contributed by atoms with van der Waals surface area (Å²) < 4.78 is 0. The van der Waals surface area contributed by atoms with Crippen LogP contribution in [0.1, 0.15) is 63.2 Å². The van der Waals surface area contributed by atoms with Crippen LogP contribution in [0.25, 0.3) is 10.8 Å². The van der Waals surface area contributed by atoms with E-state index in [0.717, 1.165) is 6.92 Å². The Morgan fingerprint density at radius 2 is 1.40 bits per heavy atom. The number of primary amides is 1. The molecule has 5 aliphatic rings. The summed E-state index contributed by atoms with van der Waals surface area (Å²) in [5.41, 5.74) is 3.09. The second-order valence-electron chi connectivity index (χ2n) is 17.0. The van der Waals surface area contributed by atoms with E-state index in [1.807, 2.05) is 0 Å². The molecule has 0 spiro atoms. The molecule has 0 fully saturated rings. The molecule has 0 aliphatic heterocycles. The lowest BCUT2D eigenvalue weighted by molar-refractivity contribution is -0.152. The summed E-state index contributed by atoms with van der Waals surface area (Å²) in [5, 5.41) is 98.6. The van der Waals surface area contributed by atoms with Gasteiger partial charge in [-0.05, 0) is 88.3 Å². The van der Waals surface area contributed by atoms with Gasteiger partial charge in [-0.3, -0.25) is 33.7 Å². The number of hydrogen-bond donors (Lipinski definition) is 11. The van der Waals surface area contributed by atoms with Crippen molar-refractivity contribution in [3.63, 3.8) is 0 Å². The van der Waals surface area contributed by atoms with Gasteiger partial charge in [-0.2, -0.15) is 0 Å². The first-order valence-corrected chi connectivity index (χ1v) is 19.4. The Morgan fingerprint density at radius 3 is 1.98 bits per heavy atom. The summed E-state index contributed by atoms with van der Waals surface area (Å²) in [5.74, 6) is -13.7. The number of amides is 1. The van der Waals surface area contributed by atoms with Gasteiger partial charge in [-0.15, -0.1) is 0 Å². The van der Waals surface area contributed by atoms with Crippen LogP contribution in [0.5, 0.6) is 17.2 Å². The van der Waals surface area contributed by atoms with Crippen LogP contribution in [0.4, 0.5) is 0 Å². The predicted octanol–water partition coefficient (Wildman–Crippen LogP) is 1.05. The fourth-order valence-corrected chi connectivity index (χ4v) is 10.3. The molecular formula is C44H45N3O15. The molecule has 0 heterocycles. The number of fused-ring (bicyclic) bond motifs is 6. The van der Waals surface area contributed by atoms with Crippen molar-refractivity contribution in [2.24, 2.45) is 29.2 Å². The van der Waals surface area contributed by atoms with Gasteiger partial charge in [-0.25, -0.2) is 0 Å². The topological polar surface area (TPSA) is 340 Å². The van der Waals surface area contributed by atoms with Crippen molar-refractivity contribution in [1.82, 2.24) is 4.90 Å². The highest BCUT2D eigenvalue weighted by atomic mass is 16.4. The maximum absolute atomic E-state index is 13.4. The molecular weight excluding hydrogens is 810 g/mol. The van der Waals surface area contributed by atoms with Gasteiger partial charge in [0, 0.05) is 23.3 Å². The molecule has 1 amide bonds. The number of rotatable bonds is 3. The average molecular weight is 856 g/mol. The van der Waals surface area contributed by atoms with Crippen molar-refractivity contribution in [2.45, 2.75) is 69.4 Å². The molecule has 5 aliphatic carbocycles. The highest BCUT2D eigenvalue weighted by Crippen LogP contribution is 2.57. The summed E-state index contributed by atoms with van der Waals surface area (Å²) in [6.45, 7) is 5.75. The Bertz CT molecular complexity index is 2750. The third-order valence-electron chi connectivity index (χ3n) is 13.5. The Hall–Kier alpha value is -6.44. The number of aryl methyl sites for hydroxylation is 2. The number of nitrogens with zero attached hydrogens (tertiary/aromatic N) is 1. The molecule has 3 aromatic carbocycles. The van der Waals surface area contributed by atoms with Gasteiger partial charge in [0.15, 0.2) is 22.8 Å². The second-order valence-corrected chi connectivity index (χ2v) is 17.0. The van der Waals surface area contributed by atoms with Crippen LogP contribution in [0, 0.1) is 31.6 Å². The number of carbonyl (C=O) groups is 6. The number of aliphatic hydroxyl groups is 6. The van der Waals surface area contributed by atoms with E-state index in [4.69, 9.17) is 11.5 Å². The zero-order chi connectivity index (χ0) is 46.2. The van der Waals surface area contributed by atoms with Crippen LogP contribution in [-0.2, 0) is 31.2 Å². The number of Topliss-reactive ketones (excluding diaryl/α,β-unsaturated/α-hetero) is 5. The molecule has 0 saturated heterocycles. The van der Waals surface area contributed by atoms with E-state index in [1.54, 1.807) is 26.0 Å². The number of benzene rings is 3. The minimum Gasteiger partial charge on any atom is -0.510 e. The van der Waals surface area contributed by atoms with Crippen LogP contribution in [0.2, 0.25) is 0 Å². The number of phenols is 3. The predicted molar refractivity (Wildman–Crippen MR) is 216 cm³/mol. The molecule has 3 aromatic rings. The molecule has 8 rings (SSSR count). The largest absolute Gasteiger partial charge is 0.510 e. The number of phenolic OH excluding ortho intramolecular Hbond substituents is 3. The van der Waals surface area contributed by atoms with Crippen LogP contribution < -0.4 is 11.5 Å². The molecule has 0 unspecified atom stereocenters. The zero-order valence-corrected chi connectivity index (χ0v) is 34.3. The first-order valence-electron chi connectivity index (χ1n) is 19.4. The van der Waals surface area contributed by atoms with Crippen molar-refractivity contribution >= 4 is 45.6 Å². The fourth-order valence-electron chi connectivity index (χ4n) is 10.3. The zero-order valence-electron chi connectivity index (χ0n) is 34.3. The third-order valence-corrected chi connectivity index (χ3v) is 13.5. The first kappa shape index (κ1) is 43.6. The highest BCUT2D eigenvalue weighted by molar-refractivity contribution is 6.33. The molecule has 13 N–H and O–H groups in total. The minimum atomic E-state index is -2.75. The van der Waals surface area contributed by atoms with E-state index >= 15 is 0 Å². The van der Waals surface area contributed by atoms with E-state index in [0.29, 0.717) is 22.1 Å². The van der Waals surface area contributed by atoms with Gasteiger partial charge in [0.1, 0.15) is 45.7 Å². The lowest BCUT2D eigenvalue weighted by atomic mass is 9.55. The average Bonchev–Trinajstić information content (AvgIpc) is 3.18. The van der Waals surface area contributed by atoms with Crippen molar-refractivity contribution in [3.8, 4) is 17.2 Å². The highest BCUT2D eigenvalue weighted by Gasteiger charge is 2.66. The molecule has 8 atom stereocenters. The van der Waals surface area contributed by atoms with E-state index in [-0.39, 0.29) is 40.7 Å². The molecule has 0 saturated carbocycles. The quantitative estimate of drug-likeness (QED) is 0.130. The van der Waals surface area contributed by atoms with Crippen LogP contribution in [0.3, 0.4) is 0 Å². The molecule has 326 valence electrons. The number of ketones is 5. The van der Waals surface area contributed by atoms with E-state index in [9.17, 15) is 74.7 Å². The maximum atomic E-state index is 13.4. The number of likely N-dealkylation sites (N-methyl/N-ethyl adjacent to an activating group) is 1. The molecule has 62 heavy (non-hydrogen) atoms. The summed E-state index contributed by atoms with van der Waals surface area (Å²) >= 11 is 0. The third kappa shape index (κ3) is 5.46. The molecule has 0 aromatic heterocycles.